The summed E-state index contributed by atoms with van der Waals surface area (Å²) in [6.45, 7) is 10.1. The SMILES string of the molecule is C=CCn1ccc2nc(Nc3cnn(C4CCOCC4)c3)nc(NC3CCC(N4CCOCC4)CC3)c21. The van der Waals surface area contributed by atoms with Crippen molar-refractivity contribution in [2.45, 2.75) is 63.2 Å². The van der Waals surface area contributed by atoms with Gasteiger partial charge in [-0.3, -0.25) is 9.58 Å². The van der Waals surface area contributed by atoms with Gasteiger partial charge >= 0.3 is 0 Å². The Labute approximate surface area is 218 Å². The highest BCUT2D eigenvalue weighted by Crippen LogP contribution is 2.30. The summed E-state index contributed by atoms with van der Waals surface area (Å²) in [5.41, 5.74) is 2.84. The van der Waals surface area contributed by atoms with Gasteiger partial charge in [-0.2, -0.15) is 10.1 Å². The predicted molar refractivity (Wildman–Crippen MR) is 144 cm³/mol. The van der Waals surface area contributed by atoms with Crippen molar-refractivity contribution in [2.75, 3.05) is 50.2 Å². The topological polar surface area (TPSA) is 94.3 Å². The normalized spacial score (nSPS) is 23.8. The number of allylic oxidation sites excluding steroid dienone is 1. The van der Waals surface area contributed by atoms with Crippen LogP contribution in [0.4, 0.5) is 17.5 Å². The Morgan fingerprint density at radius 2 is 1.76 bits per heavy atom. The third kappa shape index (κ3) is 5.51. The molecule has 3 aromatic heterocycles. The van der Waals surface area contributed by atoms with Gasteiger partial charge in [0.05, 0.1) is 36.7 Å². The third-order valence-corrected chi connectivity index (χ3v) is 7.96. The molecule has 2 saturated heterocycles. The number of anilines is 3. The molecule has 3 aliphatic rings. The van der Waals surface area contributed by atoms with Gasteiger partial charge in [-0.05, 0) is 44.6 Å². The third-order valence-electron chi connectivity index (χ3n) is 7.96. The number of aromatic nitrogens is 5. The van der Waals surface area contributed by atoms with E-state index in [-0.39, 0.29) is 0 Å². The molecule has 1 saturated carbocycles. The van der Waals surface area contributed by atoms with Crippen molar-refractivity contribution in [2.24, 2.45) is 0 Å². The van der Waals surface area contributed by atoms with Gasteiger partial charge in [0.15, 0.2) is 5.82 Å². The number of hydrogen-bond acceptors (Lipinski definition) is 8. The van der Waals surface area contributed by atoms with E-state index in [4.69, 9.17) is 19.4 Å². The first kappa shape index (κ1) is 24.4. The zero-order valence-electron chi connectivity index (χ0n) is 21.5. The van der Waals surface area contributed by atoms with Gasteiger partial charge in [0.1, 0.15) is 5.52 Å². The molecule has 0 amide bonds. The fourth-order valence-electron chi connectivity index (χ4n) is 5.96. The van der Waals surface area contributed by atoms with Crippen LogP contribution in [0.5, 0.6) is 0 Å². The monoisotopic (exact) mass is 506 g/mol. The van der Waals surface area contributed by atoms with Crippen molar-refractivity contribution in [1.29, 1.82) is 0 Å². The van der Waals surface area contributed by atoms with Crippen LogP contribution >= 0.6 is 0 Å². The van der Waals surface area contributed by atoms with E-state index < -0.39 is 0 Å². The van der Waals surface area contributed by atoms with E-state index in [0.717, 1.165) is 94.3 Å². The van der Waals surface area contributed by atoms with Crippen LogP contribution in [-0.2, 0) is 16.0 Å². The summed E-state index contributed by atoms with van der Waals surface area (Å²) in [6.07, 6.45) is 14.5. The Balaban J connectivity index is 1.19. The molecule has 2 N–H and O–H groups in total. The number of rotatable bonds is 8. The quantitative estimate of drug-likeness (QED) is 0.444. The number of nitrogens with zero attached hydrogens (tertiary/aromatic N) is 6. The molecule has 3 fully saturated rings. The Bertz CT molecular complexity index is 1190. The van der Waals surface area contributed by atoms with Crippen LogP contribution in [0.15, 0.2) is 37.3 Å². The van der Waals surface area contributed by atoms with Crippen LogP contribution in [0.1, 0.15) is 44.6 Å². The average molecular weight is 507 g/mol. The Morgan fingerprint density at radius 3 is 2.54 bits per heavy atom. The molecular weight excluding hydrogens is 468 g/mol. The summed E-state index contributed by atoms with van der Waals surface area (Å²) < 4.78 is 15.2. The smallest absolute Gasteiger partial charge is 0.229 e. The number of morpholine rings is 1. The summed E-state index contributed by atoms with van der Waals surface area (Å²) >= 11 is 0. The summed E-state index contributed by atoms with van der Waals surface area (Å²) in [5, 5.41) is 11.8. The molecule has 3 aromatic rings. The van der Waals surface area contributed by atoms with Crippen molar-refractivity contribution < 1.29 is 9.47 Å². The first-order valence-corrected chi connectivity index (χ1v) is 13.7. The van der Waals surface area contributed by atoms with Crippen molar-refractivity contribution in [3.63, 3.8) is 0 Å². The largest absolute Gasteiger partial charge is 0.381 e. The minimum absolute atomic E-state index is 0.380. The fourth-order valence-corrected chi connectivity index (χ4v) is 5.96. The van der Waals surface area contributed by atoms with Gasteiger partial charge in [-0.15, -0.1) is 6.58 Å². The number of nitrogens with one attached hydrogen (secondary N) is 2. The maximum atomic E-state index is 5.55. The Hall–Kier alpha value is -2.95. The van der Waals surface area contributed by atoms with Gasteiger partial charge in [-0.25, -0.2) is 4.98 Å². The minimum atomic E-state index is 0.380. The first-order valence-electron chi connectivity index (χ1n) is 13.7. The second kappa shape index (κ2) is 11.2. The highest BCUT2D eigenvalue weighted by molar-refractivity contribution is 5.88. The summed E-state index contributed by atoms with van der Waals surface area (Å²) in [6, 6.07) is 3.50. The Morgan fingerprint density at radius 1 is 0.973 bits per heavy atom. The summed E-state index contributed by atoms with van der Waals surface area (Å²) in [7, 11) is 0. The standard InChI is InChI=1S/C27H38N8O2/c1-2-10-34-11-7-24-25(34)26(29-20-3-5-22(6-4-20)33-12-16-37-17-13-33)32-27(31-24)30-21-18-28-35(19-21)23-8-14-36-15-9-23/h2,7,11,18-20,22-23H,1,3-6,8-10,12-17H2,(H2,29,30,31,32). The highest BCUT2D eigenvalue weighted by Gasteiger charge is 2.28. The zero-order chi connectivity index (χ0) is 25.0. The molecule has 10 heteroatoms. The predicted octanol–water partition coefficient (Wildman–Crippen LogP) is 3.96. The van der Waals surface area contributed by atoms with E-state index in [1.165, 1.54) is 12.8 Å². The molecule has 0 unspecified atom stereocenters. The molecule has 0 atom stereocenters. The fraction of sp³-hybridized carbons (Fsp3) is 0.593. The number of hydrogen-bond donors (Lipinski definition) is 2. The maximum Gasteiger partial charge on any atom is 0.229 e. The highest BCUT2D eigenvalue weighted by atomic mass is 16.5. The number of fused-ring (bicyclic) bond motifs is 1. The number of ether oxygens (including phenoxy) is 2. The van der Waals surface area contributed by atoms with E-state index in [0.29, 0.717) is 24.1 Å². The van der Waals surface area contributed by atoms with Crippen molar-refractivity contribution in [3.8, 4) is 0 Å². The first-order chi connectivity index (χ1) is 18.3. The van der Waals surface area contributed by atoms with Crippen molar-refractivity contribution in [1.82, 2.24) is 29.2 Å². The molecule has 5 heterocycles. The maximum absolute atomic E-state index is 5.55. The van der Waals surface area contributed by atoms with E-state index in [2.05, 4.69) is 44.0 Å². The van der Waals surface area contributed by atoms with Gasteiger partial charge in [0.25, 0.3) is 0 Å². The average Bonchev–Trinajstić information content (AvgIpc) is 3.58. The molecule has 1 aliphatic carbocycles. The molecule has 2 aliphatic heterocycles. The lowest BCUT2D eigenvalue weighted by Gasteiger charge is -2.39. The van der Waals surface area contributed by atoms with Crippen LogP contribution < -0.4 is 10.6 Å². The van der Waals surface area contributed by atoms with Crippen molar-refractivity contribution in [3.05, 3.63) is 37.3 Å². The molecule has 198 valence electrons. The molecular formula is C27H38N8O2. The van der Waals surface area contributed by atoms with Crippen LogP contribution in [0.3, 0.4) is 0 Å². The van der Waals surface area contributed by atoms with E-state index >= 15 is 0 Å². The van der Waals surface area contributed by atoms with Gasteiger partial charge in [0.2, 0.25) is 5.95 Å². The summed E-state index contributed by atoms with van der Waals surface area (Å²) in [4.78, 5) is 12.4. The second-order valence-corrected chi connectivity index (χ2v) is 10.4. The van der Waals surface area contributed by atoms with Crippen molar-refractivity contribution >= 4 is 28.5 Å². The van der Waals surface area contributed by atoms with E-state index in [9.17, 15) is 0 Å². The lowest BCUT2D eigenvalue weighted by molar-refractivity contribution is 0.00791. The molecule has 37 heavy (non-hydrogen) atoms. The van der Waals surface area contributed by atoms with Gasteiger partial charge < -0.3 is 24.7 Å². The molecule has 6 rings (SSSR count). The second-order valence-electron chi connectivity index (χ2n) is 10.4. The molecule has 0 aromatic carbocycles. The van der Waals surface area contributed by atoms with Crippen LogP contribution in [0.25, 0.3) is 11.0 Å². The van der Waals surface area contributed by atoms with Gasteiger partial charge in [-0.1, -0.05) is 6.08 Å². The molecule has 0 radical (unpaired) electrons. The molecule has 0 spiro atoms. The van der Waals surface area contributed by atoms with Crippen LogP contribution in [0.2, 0.25) is 0 Å². The zero-order valence-corrected chi connectivity index (χ0v) is 21.5. The van der Waals surface area contributed by atoms with Gasteiger partial charge in [0, 0.05) is 57.3 Å². The summed E-state index contributed by atoms with van der Waals surface area (Å²) in [5.74, 6) is 1.46. The Kier molecular flexibility index (Phi) is 7.38. The minimum Gasteiger partial charge on any atom is -0.381 e. The van der Waals surface area contributed by atoms with Crippen LogP contribution in [-0.4, -0.2) is 80.8 Å². The molecule has 0 bridgehead atoms. The van der Waals surface area contributed by atoms with E-state index in [1.54, 1.807) is 0 Å². The lowest BCUT2D eigenvalue weighted by atomic mass is 9.90. The van der Waals surface area contributed by atoms with E-state index in [1.807, 2.05) is 23.2 Å². The van der Waals surface area contributed by atoms with Crippen LogP contribution in [0, 0.1) is 0 Å². The molecule has 10 nitrogen and oxygen atoms in total. The lowest BCUT2D eigenvalue weighted by Crippen LogP contribution is -2.46.